The summed E-state index contributed by atoms with van der Waals surface area (Å²) in [7, 11) is 0. The molecule has 0 N–H and O–H groups in total. The lowest BCUT2D eigenvalue weighted by Crippen LogP contribution is -2.33. The molecular weight excluding hydrogens is 276 g/mol. The van der Waals surface area contributed by atoms with Gasteiger partial charge in [0.2, 0.25) is 5.13 Å². The van der Waals surface area contributed by atoms with Gasteiger partial charge in [0.1, 0.15) is 5.01 Å². The van der Waals surface area contributed by atoms with Crippen LogP contribution in [0.15, 0.2) is 0 Å². The van der Waals surface area contributed by atoms with Gasteiger partial charge in [-0.3, -0.25) is 9.69 Å². The standard InChI is InChI=1S/C10H13ClN4O2S/c1-3-6(2)7-12-13-9(18-7)15-5-4-14(8(11)16)10(15)17/h6H,3-5H2,1-2H3. The molecule has 98 valence electrons. The summed E-state index contributed by atoms with van der Waals surface area (Å²) in [5, 5.41) is 8.75. The van der Waals surface area contributed by atoms with Gasteiger partial charge in [0.15, 0.2) is 0 Å². The molecule has 3 amide bonds. The molecule has 1 unspecified atom stereocenters. The van der Waals surface area contributed by atoms with Crippen molar-refractivity contribution in [2.24, 2.45) is 0 Å². The minimum Gasteiger partial charge on any atom is -0.266 e. The van der Waals surface area contributed by atoms with E-state index in [1.54, 1.807) is 0 Å². The van der Waals surface area contributed by atoms with Crippen molar-refractivity contribution in [1.82, 2.24) is 15.1 Å². The summed E-state index contributed by atoms with van der Waals surface area (Å²) in [5.74, 6) is 0.319. The average Bonchev–Trinajstić information content (AvgIpc) is 2.94. The van der Waals surface area contributed by atoms with Crippen LogP contribution in [0, 0.1) is 0 Å². The summed E-state index contributed by atoms with van der Waals surface area (Å²) in [6.45, 7) is 4.83. The maximum Gasteiger partial charge on any atom is 0.334 e. The molecule has 6 nitrogen and oxygen atoms in total. The molecule has 1 aliphatic heterocycles. The number of hydrogen-bond acceptors (Lipinski definition) is 5. The zero-order valence-electron chi connectivity index (χ0n) is 10.1. The number of carbonyl (C=O) groups is 2. The number of amides is 3. The molecule has 1 atom stereocenters. The molecule has 0 radical (unpaired) electrons. The van der Waals surface area contributed by atoms with Crippen molar-refractivity contribution in [1.29, 1.82) is 0 Å². The molecule has 1 aromatic heterocycles. The number of anilines is 1. The van der Waals surface area contributed by atoms with E-state index in [2.05, 4.69) is 24.0 Å². The normalized spacial score (nSPS) is 17.4. The Morgan fingerprint density at radius 2 is 2.22 bits per heavy atom. The first-order valence-electron chi connectivity index (χ1n) is 5.66. The molecule has 1 fully saturated rings. The summed E-state index contributed by atoms with van der Waals surface area (Å²) in [6, 6.07) is -0.429. The van der Waals surface area contributed by atoms with Crippen molar-refractivity contribution in [3.05, 3.63) is 5.01 Å². The minimum absolute atomic E-state index is 0.291. The molecule has 0 aliphatic carbocycles. The van der Waals surface area contributed by atoms with E-state index in [4.69, 9.17) is 11.6 Å². The zero-order chi connectivity index (χ0) is 13.3. The molecule has 0 saturated carbocycles. The molecule has 1 aliphatic rings. The quantitative estimate of drug-likeness (QED) is 0.633. The van der Waals surface area contributed by atoms with Gasteiger partial charge in [0, 0.05) is 19.0 Å². The Hall–Kier alpha value is -1.21. The van der Waals surface area contributed by atoms with Gasteiger partial charge in [0.25, 0.3) is 0 Å². The van der Waals surface area contributed by atoms with Gasteiger partial charge < -0.3 is 0 Å². The predicted molar refractivity (Wildman–Crippen MR) is 69.3 cm³/mol. The molecule has 2 heterocycles. The Balaban J connectivity index is 2.16. The first kappa shape index (κ1) is 13.2. The Bertz CT molecular complexity index is 478. The van der Waals surface area contributed by atoms with E-state index in [1.165, 1.54) is 16.2 Å². The number of hydrogen-bond donors (Lipinski definition) is 0. The van der Waals surface area contributed by atoms with E-state index in [1.807, 2.05) is 0 Å². The molecule has 0 aromatic carbocycles. The van der Waals surface area contributed by atoms with E-state index in [0.717, 1.165) is 16.3 Å². The van der Waals surface area contributed by atoms with Crippen LogP contribution in [0.1, 0.15) is 31.2 Å². The summed E-state index contributed by atoms with van der Waals surface area (Å²) >= 11 is 6.70. The Kier molecular flexibility index (Phi) is 3.82. The molecule has 8 heteroatoms. The second-order valence-electron chi connectivity index (χ2n) is 4.07. The summed E-state index contributed by atoms with van der Waals surface area (Å²) in [5.41, 5.74) is 0. The average molecular weight is 289 g/mol. The zero-order valence-corrected chi connectivity index (χ0v) is 11.7. The van der Waals surface area contributed by atoms with Gasteiger partial charge in [-0.2, -0.15) is 0 Å². The van der Waals surface area contributed by atoms with E-state index < -0.39 is 11.4 Å². The van der Waals surface area contributed by atoms with Crippen molar-refractivity contribution in [2.75, 3.05) is 18.0 Å². The third kappa shape index (κ3) is 2.32. The Labute approximate surface area is 114 Å². The van der Waals surface area contributed by atoms with Crippen LogP contribution < -0.4 is 4.90 Å². The highest BCUT2D eigenvalue weighted by molar-refractivity contribution is 7.15. The van der Waals surface area contributed by atoms with Gasteiger partial charge in [-0.1, -0.05) is 25.2 Å². The van der Waals surface area contributed by atoms with Crippen LogP contribution in [0.4, 0.5) is 14.7 Å². The number of urea groups is 1. The van der Waals surface area contributed by atoms with E-state index in [-0.39, 0.29) is 0 Å². The Morgan fingerprint density at radius 3 is 2.78 bits per heavy atom. The number of nitrogens with zero attached hydrogens (tertiary/aromatic N) is 4. The SMILES string of the molecule is CCC(C)c1nnc(N2CCN(C(=O)Cl)C2=O)s1. The number of rotatable bonds is 3. The van der Waals surface area contributed by atoms with Crippen LogP contribution >= 0.6 is 22.9 Å². The number of halogens is 1. The summed E-state index contributed by atoms with van der Waals surface area (Å²) in [4.78, 5) is 25.3. The van der Waals surface area contributed by atoms with Crippen molar-refractivity contribution in [2.45, 2.75) is 26.2 Å². The summed E-state index contributed by atoms with van der Waals surface area (Å²) < 4.78 is 0. The van der Waals surface area contributed by atoms with Crippen LogP contribution in [0.2, 0.25) is 0 Å². The maximum atomic E-state index is 11.9. The monoisotopic (exact) mass is 288 g/mol. The molecule has 1 saturated heterocycles. The van der Waals surface area contributed by atoms with Gasteiger partial charge >= 0.3 is 11.4 Å². The van der Waals surface area contributed by atoms with Crippen LogP contribution in [-0.2, 0) is 0 Å². The molecule has 2 rings (SSSR count). The van der Waals surface area contributed by atoms with E-state index in [0.29, 0.717) is 24.1 Å². The van der Waals surface area contributed by atoms with Crippen LogP contribution in [0.5, 0.6) is 0 Å². The fourth-order valence-corrected chi connectivity index (χ4v) is 2.74. The highest BCUT2D eigenvalue weighted by Gasteiger charge is 2.35. The van der Waals surface area contributed by atoms with E-state index >= 15 is 0 Å². The third-order valence-electron chi connectivity index (χ3n) is 2.92. The first-order chi connectivity index (χ1) is 8.54. The topological polar surface area (TPSA) is 66.4 Å². The molecule has 18 heavy (non-hydrogen) atoms. The predicted octanol–water partition coefficient (Wildman–Crippen LogP) is 2.65. The van der Waals surface area contributed by atoms with Crippen molar-refractivity contribution >= 4 is 39.5 Å². The Morgan fingerprint density at radius 1 is 1.50 bits per heavy atom. The molecular formula is C10H13ClN4O2S. The lowest BCUT2D eigenvalue weighted by molar-refractivity contribution is 0.214. The minimum atomic E-state index is -0.755. The molecule has 0 spiro atoms. The van der Waals surface area contributed by atoms with Gasteiger partial charge in [0.05, 0.1) is 0 Å². The van der Waals surface area contributed by atoms with E-state index in [9.17, 15) is 9.59 Å². The molecule has 1 aromatic rings. The lowest BCUT2D eigenvalue weighted by Gasteiger charge is -2.11. The van der Waals surface area contributed by atoms with Gasteiger partial charge in [-0.25, -0.2) is 9.69 Å². The fraction of sp³-hybridized carbons (Fsp3) is 0.600. The third-order valence-corrected chi connectivity index (χ3v) is 4.30. The highest BCUT2D eigenvalue weighted by Crippen LogP contribution is 2.29. The van der Waals surface area contributed by atoms with Crippen LogP contribution in [-0.4, -0.2) is 39.6 Å². The first-order valence-corrected chi connectivity index (χ1v) is 6.86. The number of imide groups is 1. The number of carbonyl (C=O) groups excluding carboxylic acids is 2. The van der Waals surface area contributed by atoms with Gasteiger partial charge in [-0.05, 0) is 18.0 Å². The van der Waals surface area contributed by atoms with Crippen molar-refractivity contribution < 1.29 is 9.59 Å². The fourth-order valence-electron chi connectivity index (χ4n) is 1.59. The lowest BCUT2D eigenvalue weighted by atomic mass is 10.1. The molecule has 0 bridgehead atoms. The smallest absolute Gasteiger partial charge is 0.266 e. The second-order valence-corrected chi connectivity index (χ2v) is 5.38. The van der Waals surface area contributed by atoms with Gasteiger partial charge in [-0.15, -0.1) is 10.2 Å². The number of aromatic nitrogens is 2. The second kappa shape index (κ2) is 5.19. The van der Waals surface area contributed by atoms with Crippen molar-refractivity contribution in [3.63, 3.8) is 0 Å². The van der Waals surface area contributed by atoms with Crippen LogP contribution in [0.25, 0.3) is 0 Å². The highest BCUT2D eigenvalue weighted by atomic mass is 35.5. The maximum absolute atomic E-state index is 11.9. The summed E-state index contributed by atoms with van der Waals surface area (Å²) in [6.07, 6.45) is 0.967. The van der Waals surface area contributed by atoms with Crippen LogP contribution in [0.3, 0.4) is 0 Å². The largest absolute Gasteiger partial charge is 0.334 e. The van der Waals surface area contributed by atoms with Crippen molar-refractivity contribution in [3.8, 4) is 0 Å².